The van der Waals surface area contributed by atoms with Gasteiger partial charge in [-0.3, -0.25) is 9.89 Å². The van der Waals surface area contributed by atoms with E-state index in [0.29, 0.717) is 6.04 Å². The van der Waals surface area contributed by atoms with Crippen molar-refractivity contribution < 1.29 is 0 Å². The van der Waals surface area contributed by atoms with E-state index >= 15 is 0 Å². The van der Waals surface area contributed by atoms with Gasteiger partial charge in [-0.2, -0.15) is 0 Å². The number of hydrogen-bond donors (Lipinski definition) is 1. The van der Waals surface area contributed by atoms with Crippen molar-refractivity contribution in [1.29, 1.82) is 0 Å². The summed E-state index contributed by atoms with van der Waals surface area (Å²) in [4.78, 5) is 20.3. The largest absolute Gasteiger partial charge is 0.354 e. The van der Waals surface area contributed by atoms with E-state index in [1.54, 1.807) is 12.4 Å². The maximum atomic E-state index is 4.55. The molecule has 2 heterocycles. The van der Waals surface area contributed by atoms with Crippen LogP contribution in [0.4, 0.5) is 5.95 Å². The summed E-state index contributed by atoms with van der Waals surface area (Å²) in [7, 11) is 1.87. The summed E-state index contributed by atoms with van der Waals surface area (Å²) in [6, 6.07) is 12.9. The van der Waals surface area contributed by atoms with Crippen LogP contribution >= 0.6 is 24.0 Å². The number of hydrogen-bond acceptors (Lipinski definition) is 5. The number of aliphatic imine (C=N–C) groups is 1. The standard InChI is InChI=1S/C22H33N7.HI/c1-4-27(5-2)20(19-10-7-6-8-11-19)18-26-21(23-3)28-14-16-29(17-15-28)22-24-12-9-13-25-22;/h6-13,20H,4-5,14-18H2,1-3H3,(H,23,26);1H. The zero-order valence-corrected chi connectivity index (χ0v) is 20.6. The van der Waals surface area contributed by atoms with Gasteiger partial charge in [-0.25, -0.2) is 9.97 Å². The molecule has 0 bridgehead atoms. The Morgan fingerprint density at radius 2 is 1.67 bits per heavy atom. The molecule has 0 saturated carbocycles. The van der Waals surface area contributed by atoms with Crippen LogP contribution in [-0.2, 0) is 0 Å². The van der Waals surface area contributed by atoms with Crippen molar-refractivity contribution in [3.8, 4) is 0 Å². The van der Waals surface area contributed by atoms with E-state index in [1.807, 2.05) is 13.1 Å². The number of piperazine rings is 1. The van der Waals surface area contributed by atoms with E-state index in [1.165, 1.54) is 5.56 Å². The normalized spacial score (nSPS) is 15.7. The first-order valence-electron chi connectivity index (χ1n) is 10.5. The third-order valence-electron chi connectivity index (χ3n) is 5.52. The summed E-state index contributed by atoms with van der Waals surface area (Å²) in [5.74, 6) is 1.77. The Hall–Kier alpha value is -1.94. The van der Waals surface area contributed by atoms with Crippen LogP contribution in [0.15, 0.2) is 53.8 Å². The number of likely N-dealkylation sites (N-methyl/N-ethyl adjacent to an activating group) is 1. The second kappa shape index (κ2) is 12.7. The van der Waals surface area contributed by atoms with Crippen LogP contribution < -0.4 is 10.2 Å². The van der Waals surface area contributed by atoms with Gasteiger partial charge in [0.15, 0.2) is 5.96 Å². The van der Waals surface area contributed by atoms with Gasteiger partial charge in [0.2, 0.25) is 5.95 Å². The molecule has 1 aliphatic heterocycles. The SMILES string of the molecule is CCN(CC)C(CNC(=NC)N1CCN(c2ncccn2)CC1)c1ccccc1.I. The minimum atomic E-state index is 0. The number of halogens is 1. The first-order valence-corrected chi connectivity index (χ1v) is 10.5. The van der Waals surface area contributed by atoms with Crippen LogP contribution in [0.1, 0.15) is 25.5 Å². The first-order chi connectivity index (χ1) is 14.3. The lowest BCUT2D eigenvalue weighted by Crippen LogP contribution is -2.53. The molecule has 1 fully saturated rings. The number of nitrogens with zero attached hydrogens (tertiary/aromatic N) is 6. The van der Waals surface area contributed by atoms with E-state index in [-0.39, 0.29) is 24.0 Å². The summed E-state index contributed by atoms with van der Waals surface area (Å²) >= 11 is 0. The van der Waals surface area contributed by atoms with Gasteiger partial charge in [0.05, 0.1) is 6.04 Å². The smallest absolute Gasteiger partial charge is 0.225 e. The van der Waals surface area contributed by atoms with Crippen LogP contribution in [0.3, 0.4) is 0 Å². The van der Waals surface area contributed by atoms with Crippen LogP contribution in [0.25, 0.3) is 0 Å². The fourth-order valence-corrected chi connectivity index (χ4v) is 3.89. The summed E-state index contributed by atoms with van der Waals surface area (Å²) in [5, 5.41) is 3.63. The van der Waals surface area contributed by atoms with E-state index in [2.05, 4.69) is 79.2 Å². The van der Waals surface area contributed by atoms with E-state index in [4.69, 9.17) is 0 Å². The highest BCUT2D eigenvalue weighted by Gasteiger charge is 2.23. The highest BCUT2D eigenvalue weighted by atomic mass is 127. The van der Waals surface area contributed by atoms with Gasteiger partial charge >= 0.3 is 0 Å². The van der Waals surface area contributed by atoms with Crippen LogP contribution in [0, 0.1) is 0 Å². The van der Waals surface area contributed by atoms with Gasteiger partial charge in [-0.05, 0) is 24.7 Å². The van der Waals surface area contributed by atoms with Crippen molar-refractivity contribution in [2.24, 2.45) is 4.99 Å². The maximum absolute atomic E-state index is 4.55. The first kappa shape index (κ1) is 24.3. The predicted octanol–water partition coefficient (Wildman–Crippen LogP) is 2.88. The molecule has 0 radical (unpaired) electrons. The van der Waals surface area contributed by atoms with Gasteiger partial charge < -0.3 is 15.1 Å². The number of guanidine groups is 1. The average molecular weight is 523 g/mol. The molecule has 1 unspecified atom stereocenters. The number of benzene rings is 1. The summed E-state index contributed by atoms with van der Waals surface area (Å²) in [6.45, 7) is 10.9. The van der Waals surface area contributed by atoms with Crippen LogP contribution in [0.5, 0.6) is 0 Å². The molecule has 1 saturated heterocycles. The average Bonchev–Trinajstić information content (AvgIpc) is 2.80. The maximum Gasteiger partial charge on any atom is 0.225 e. The molecule has 0 amide bonds. The molecule has 1 aromatic heterocycles. The fraction of sp³-hybridized carbons (Fsp3) is 0.500. The molecule has 0 aliphatic carbocycles. The van der Waals surface area contributed by atoms with Gasteiger partial charge in [0, 0.05) is 52.2 Å². The molecule has 1 aromatic carbocycles. The molecule has 8 heteroatoms. The number of aromatic nitrogens is 2. The van der Waals surface area contributed by atoms with Crippen molar-refractivity contribution >= 4 is 35.9 Å². The van der Waals surface area contributed by atoms with Gasteiger partial charge in [0.1, 0.15) is 0 Å². The van der Waals surface area contributed by atoms with Crippen molar-refractivity contribution in [3.05, 3.63) is 54.4 Å². The van der Waals surface area contributed by atoms with Crippen LogP contribution in [0.2, 0.25) is 0 Å². The lowest BCUT2D eigenvalue weighted by atomic mass is 10.1. The Morgan fingerprint density at radius 1 is 1.03 bits per heavy atom. The topological polar surface area (TPSA) is 59.9 Å². The zero-order chi connectivity index (χ0) is 20.5. The van der Waals surface area contributed by atoms with Crippen molar-refractivity contribution in [2.45, 2.75) is 19.9 Å². The Kier molecular flexibility index (Phi) is 10.3. The molecule has 1 atom stereocenters. The highest BCUT2D eigenvalue weighted by Crippen LogP contribution is 2.19. The molecule has 3 rings (SSSR count). The molecule has 30 heavy (non-hydrogen) atoms. The molecule has 164 valence electrons. The molecule has 1 N–H and O–H groups in total. The molecular formula is C22H34IN7. The lowest BCUT2D eigenvalue weighted by Gasteiger charge is -2.37. The monoisotopic (exact) mass is 523 g/mol. The number of anilines is 1. The van der Waals surface area contributed by atoms with E-state index in [9.17, 15) is 0 Å². The van der Waals surface area contributed by atoms with Crippen LogP contribution in [-0.4, -0.2) is 78.6 Å². The molecular weight excluding hydrogens is 489 g/mol. The molecule has 2 aromatic rings. The number of nitrogens with one attached hydrogen (secondary N) is 1. The minimum Gasteiger partial charge on any atom is -0.354 e. The molecule has 1 aliphatic rings. The second-order valence-corrected chi connectivity index (χ2v) is 7.10. The van der Waals surface area contributed by atoms with E-state index < -0.39 is 0 Å². The van der Waals surface area contributed by atoms with Gasteiger partial charge in [0.25, 0.3) is 0 Å². The van der Waals surface area contributed by atoms with Gasteiger partial charge in [-0.1, -0.05) is 44.2 Å². The minimum absolute atomic E-state index is 0. The molecule has 7 nitrogen and oxygen atoms in total. The number of rotatable bonds is 7. The lowest BCUT2D eigenvalue weighted by molar-refractivity contribution is 0.217. The Labute approximate surface area is 197 Å². The van der Waals surface area contributed by atoms with Crippen molar-refractivity contribution in [1.82, 2.24) is 25.1 Å². The van der Waals surface area contributed by atoms with Crippen molar-refractivity contribution in [2.75, 3.05) is 57.8 Å². The fourth-order valence-electron chi connectivity index (χ4n) is 3.89. The zero-order valence-electron chi connectivity index (χ0n) is 18.2. The Morgan fingerprint density at radius 3 is 2.23 bits per heavy atom. The molecule has 0 spiro atoms. The third-order valence-corrected chi connectivity index (χ3v) is 5.52. The van der Waals surface area contributed by atoms with Gasteiger partial charge in [-0.15, -0.1) is 24.0 Å². The van der Waals surface area contributed by atoms with Crippen molar-refractivity contribution in [3.63, 3.8) is 0 Å². The Balaban J connectivity index is 0.00000320. The summed E-state index contributed by atoms with van der Waals surface area (Å²) in [6.07, 6.45) is 3.60. The summed E-state index contributed by atoms with van der Waals surface area (Å²) in [5.41, 5.74) is 1.34. The second-order valence-electron chi connectivity index (χ2n) is 7.10. The Bertz CT molecular complexity index is 745. The predicted molar refractivity (Wildman–Crippen MR) is 135 cm³/mol. The van der Waals surface area contributed by atoms with E-state index in [0.717, 1.165) is 57.7 Å². The highest BCUT2D eigenvalue weighted by molar-refractivity contribution is 14.0. The quantitative estimate of drug-likeness (QED) is 0.342. The summed E-state index contributed by atoms with van der Waals surface area (Å²) < 4.78 is 0. The third kappa shape index (κ3) is 6.28.